The van der Waals surface area contributed by atoms with Gasteiger partial charge < -0.3 is 10.6 Å². The highest BCUT2D eigenvalue weighted by Crippen LogP contribution is 2.30. The van der Waals surface area contributed by atoms with Gasteiger partial charge in [-0.1, -0.05) is 0 Å². The molecule has 0 aliphatic rings. The van der Waals surface area contributed by atoms with Gasteiger partial charge in [-0.25, -0.2) is 4.98 Å². The third kappa shape index (κ3) is 4.45. The quantitative estimate of drug-likeness (QED) is 0.868. The van der Waals surface area contributed by atoms with Gasteiger partial charge in [0.25, 0.3) is 0 Å². The zero-order valence-electron chi connectivity index (χ0n) is 9.68. The molecule has 2 N–H and O–H groups in total. The van der Waals surface area contributed by atoms with E-state index in [1.54, 1.807) is 0 Å². The van der Waals surface area contributed by atoms with Crippen LogP contribution in [-0.2, 0) is 6.18 Å². The minimum absolute atomic E-state index is 0.173. The number of halogens is 6. The Morgan fingerprint density at radius 2 is 1.74 bits per heavy atom. The summed E-state index contributed by atoms with van der Waals surface area (Å²) in [5.41, 5.74) is 3.70. The number of nitrogen functional groups attached to an aromatic ring is 1. The molecule has 0 spiro atoms. The number of rotatable bonds is 3. The smallest absolute Gasteiger partial charge is 0.368 e. The molecule has 108 valence electrons. The van der Waals surface area contributed by atoms with Gasteiger partial charge in [0.15, 0.2) is 5.69 Å². The van der Waals surface area contributed by atoms with Crippen LogP contribution in [0.2, 0.25) is 0 Å². The summed E-state index contributed by atoms with van der Waals surface area (Å²) in [5.74, 6) is -1.25. The molecule has 0 amide bonds. The van der Waals surface area contributed by atoms with Crippen molar-refractivity contribution in [3.8, 4) is 0 Å². The van der Waals surface area contributed by atoms with Gasteiger partial charge in [-0.2, -0.15) is 31.3 Å². The van der Waals surface area contributed by atoms with E-state index in [0.29, 0.717) is 11.0 Å². The molecule has 0 radical (unpaired) electrons. The molecule has 0 aliphatic carbocycles. The molecule has 10 heteroatoms. The summed E-state index contributed by atoms with van der Waals surface area (Å²) in [4.78, 5) is 6.98. The van der Waals surface area contributed by atoms with Crippen LogP contribution < -0.4 is 10.6 Å². The molecule has 1 rings (SSSR count). The molecule has 0 fully saturated rings. The fourth-order valence-electron chi connectivity index (χ4n) is 1.33. The Morgan fingerprint density at radius 3 is 2.16 bits per heavy atom. The minimum Gasteiger partial charge on any atom is -0.368 e. The summed E-state index contributed by atoms with van der Waals surface area (Å²) >= 11 is 0. The van der Waals surface area contributed by atoms with Crippen molar-refractivity contribution in [2.75, 3.05) is 23.7 Å². The van der Waals surface area contributed by atoms with Crippen LogP contribution in [-0.4, -0.2) is 29.2 Å². The van der Waals surface area contributed by atoms with E-state index in [2.05, 4.69) is 9.97 Å². The van der Waals surface area contributed by atoms with Crippen LogP contribution in [0.25, 0.3) is 0 Å². The van der Waals surface area contributed by atoms with Gasteiger partial charge in [-0.05, 0) is 6.92 Å². The van der Waals surface area contributed by atoms with Crippen molar-refractivity contribution in [3.63, 3.8) is 0 Å². The third-order valence-corrected chi connectivity index (χ3v) is 2.10. The van der Waals surface area contributed by atoms with Gasteiger partial charge in [0.05, 0.1) is 0 Å². The number of hydrogen-bond acceptors (Lipinski definition) is 4. The summed E-state index contributed by atoms with van der Waals surface area (Å²) in [6.45, 7) is -0.234. The first kappa shape index (κ1) is 15.3. The minimum atomic E-state index is -4.80. The van der Waals surface area contributed by atoms with Crippen molar-refractivity contribution >= 4 is 11.8 Å². The van der Waals surface area contributed by atoms with Crippen molar-refractivity contribution < 1.29 is 26.3 Å². The molecular formula is C9H10F6N4. The van der Waals surface area contributed by atoms with Crippen LogP contribution in [0.3, 0.4) is 0 Å². The molecule has 1 aromatic heterocycles. The molecule has 1 aromatic rings. The van der Waals surface area contributed by atoms with Gasteiger partial charge in [-0.3, -0.25) is 0 Å². The molecule has 19 heavy (non-hydrogen) atoms. The second kappa shape index (κ2) is 5.10. The van der Waals surface area contributed by atoms with Gasteiger partial charge in [0.2, 0.25) is 5.95 Å². The van der Waals surface area contributed by atoms with Crippen LogP contribution >= 0.6 is 0 Å². The molecule has 0 saturated heterocycles. The normalized spacial score (nSPS) is 12.6. The number of nitrogens with two attached hydrogens (primary N) is 1. The van der Waals surface area contributed by atoms with Crippen molar-refractivity contribution in [2.45, 2.75) is 19.3 Å². The predicted molar refractivity (Wildman–Crippen MR) is 55.4 cm³/mol. The van der Waals surface area contributed by atoms with Crippen molar-refractivity contribution in [1.82, 2.24) is 9.97 Å². The first-order valence-corrected chi connectivity index (χ1v) is 5.06. The fourth-order valence-corrected chi connectivity index (χ4v) is 1.33. The molecule has 1 heterocycles. The lowest BCUT2D eigenvalue weighted by molar-refractivity contribution is -0.141. The number of hydrogen-bond donors (Lipinski definition) is 1. The molecule has 0 atom stereocenters. The molecule has 0 bridgehead atoms. The highest BCUT2D eigenvalue weighted by molar-refractivity contribution is 5.44. The van der Waals surface area contributed by atoms with E-state index in [4.69, 9.17) is 5.73 Å². The summed E-state index contributed by atoms with van der Waals surface area (Å²) in [6.07, 6.45) is -9.36. The van der Waals surface area contributed by atoms with E-state index >= 15 is 0 Å². The number of anilines is 2. The molecular weight excluding hydrogens is 278 g/mol. The Morgan fingerprint density at radius 1 is 1.16 bits per heavy atom. The molecule has 0 aliphatic heterocycles. The topological polar surface area (TPSA) is 55.0 Å². The number of nitrogens with zero attached hydrogens (tertiary/aromatic N) is 3. The number of alkyl halides is 6. The van der Waals surface area contributed by atoms with E-state index in [0.717, 1.165) is 0 Å². The Balaban J connectivity index is 3.14. The molecule has 0 saturated carbocycles. The maximum Gasteiger partial charge on any atom is 0.433 e. The van der Waals surface area contributed by atoms with Gasteiger partial charge in [0.1, 0.15) is 12.4 Å². The Hall–Kier alpha value is -1.74. The predicted octanol–water partition coefficient (Wildman–Crippen LogP) is 2.47. The molecule has 0 unspecified atom stereocenters. The first-order chi connectivity index (χ1) is 8.53. The maximum atomic E-state index is 12.5. The second-order valence-electron chi connectivity index (χ2n) is 3.60. The zero-order chi connectivity index (χ0) is 14.8. The third-order valence-electron chi connectivity index (χ3n) is 2.10. The fraction of sp³-hybridized carbons (Fsp3) is 0.556. The lowest BCUT2D eigenvalue weighted by Gasteiger charge is -2.23. The van der Waals surface area contributed by atoms with Crippen LogP contribution in [0, 0.1) is 0 Å². The van der Waals surface area contributed by atoms with Crippen LogP contribution in [0.15, 0.2) is 6.07 Å². The SMILES string of the molecule is CCN(CC(F)(F)F)c1cc(C(F)(F)F)nc(N)n1. The van der Waals surface area contributed by atoms with E-state index in [9.17, 15) is 26.3 Å². The zero-order valence-corrected chi connectivity index (χ0v) is 9.68. The van der Waals surface area contributed by atoms with E-state index in [-0.39, 0.29) is 6.54 Å². The average molecular weight is 288 g/mol. The molecule has 0 aromatic carbocycles. The van der Waals surface area contributed by atoms with Gasteiger partial charge in [-0.15, -0.1) is 0 Å². The van der Waals surface area contributed by atoms with E-state index in [1.165, 1.54) is 6.92 Å². The van der Waals surface area contributed by atoms with Crippen molar-refractivity contribution in [2.24, 2.45) is 0 Å². The Labute approximate surface area is 104 Å². The summed E-state index contributed by atoms with van der Waals surface area (Å²) in [7, 11) is 0. The monoisotopic (exact) mass is 288 g/mol. The largest absolute Gasteiger partial charge is 0.433 e. The van der Waals surface area contributed by atoms with Crippen molar-refractivity contribution in [1.29, 1.82) is 0 Å². The lowest BCUT2D eigenvalue weighted by atomic mass is 10.3. The standard InChI is InChI=1S/C9H10F6N4/c1-2-19(4-8(10,11)12)6-3-5(9(13,14)15)17-7(16)18-6/h3H,2,4H2,1H3,(H2,16,17,18). The van der Waals surface area contributed by atoms with Crippen LogP contribution in [0.5, 0.6) is 0 Å². The average Bonchev–Trinajstić information content (AvgIpc) is 2.22. The Kier molecular flexibility index (Phi) is 4.11. The van der Waals surface area contributed by atoms with Crippen LogP contribution in [0.4, 0.5) is 38.1 Å². The summed E-state index contributed by atoms with van der Waals surface area (Å²) in [6, 6.07) is 0.436. The second-order valence-corrected chi connectivity index (χ2v) is 3.60. The maximum absolute atomic E-state index is 12.5. The lowest BCUT2D eigenvalue weighted by Crippen LogP contribution is -2.35. The highest BCUT2D eigenvalue weighted by Gasteiger charge is 2.35. The number of aromatic nitrogens is 2. The highest BCUT2D eigenvalue weighted by atomic mass is 19.4. The van der Waals surface area contributed by atoms with Crippen LogP contribution in [0.1, 0.15) is 12.6 Å². The first-order valence-electron chi connectivity index (χ1n) is 5.06. The Bertz CT molecular complexity index is 441. The van der Waals surface area contributed by atoms with E-state index in [1.807, 2.05) is 0 Å². The van der Waals surface area contributed by atoms with Gasteiger partial charge in [0, 0.05) is 12.6 Å². The molecule has 4 nitrogen and oxygen atoms in total. The van der Waals surface area contributed by atoms with Crippen molar-refractivity contribution in [3.05, 3.63) is 11.8 Å². The van der Waals surface area contributed by atoms with E-state index < -0.39 is 36.4 Å². The summed E-state index contributed by atoms with van der Waals surface area (Å²) in [5, 5.41) is 0. The van der Waals surface area contributed by atoms with Gasteiger partial charge >= 0.3 is 12.4 Å². The summed E-state index contributed by atoms with van der Waals surface area (Å²) < 4.78 is 74.2.